The SMILES string of the molecule is CCC1(Cc2cc3ccsc3c3cccc[n+]23)c2ccc(-n3c4ccccc4c4cc5c6ccccc6n(-c6ccccc6)c5cc43)cc2-c2cccc[n+]2C1(C)CC. The van der Waals surface area contributed by atoms with Crippen LogP contribution in [0.2, 0.25) is 0 Å². The number of rotatable bonds is 6. The summed E-state index contributed by atoms with van der Waals surface area (Å²) in [4.78, 5) is 0. The molecule has 0 fully saturated rings. The van der Waals surface area contributed by atoms with E-state index in [0.29, 0.717) is 0 Å². The Bertz CT molecular complexity index is 3480. The lowest BCUT2D eigenvalue weighted by atomic mass is 9.57. The fourth-order valence-electron chi connectivity index (χ4n) is 11.2. The van der Waals surface area contributed by atoms with E-state index in [0.717, 1.165) is 19.3 Å². The van der Waals surface area contributed by atoms with Crippen LogP contribution in [0.5, 0.6) is 0 Å². The molecule has 0 radical (unpaired) electrons. The molecule has 6 aromatic heterocycles. The number of benzene rings is 5. The van der Waals surface area contributed by atoms with E-state index < -0.39 is 0 Å². The predicted molar refractivity (Wildman–Crippen MR) is 245 cm³/mol. The van der Waals surface area contributed by atoms with Gasteiger partial charge in [0.15, 0.2) is 23.6 Å². The molecule has 0 N–H and O–H groups in total. The Balaban J connectivity index is 1.13. The normalized spacial score (nSPS) is 17.7. The molecule has 1 aliphatic heterocycles. The zero-order chi connectivity index (χ0) is 39.5. The molecule has 0 bridgehead atoms. The van der Waals surface area contributed by atoms with E-state index >= 15 is 0 Å². The second-order valence-corrected chi connectivity index (χ2v) is 17.6. The van der Waals surface area contributed by atoms with Crippen molar-refractivity contribution in [2.75, 3.05) is 0 Å². The Morgan fingerprint density at radius 1 is 0.559 bits per heavy atom. The van der Waals surface area contributed by atoms with Crippen LogP contribution in [0, 0.1) is 0 Å². The number of nitrogens with zero attached hydrogens (tertiary/aromatic N) is 4. The third kappa shape index (κ3) is 4.65. The third-order valence-corrected chi connectivity index (χ3v) is 15.1. The Hall–Kier alpha value is -6.56. The molecule has 59 heavy (non-hydrogen) atoms. The van der Waals surface area contributed by atoms with Crippen LogP contribution in [0.15, 0.2) is 175 Å². The van der Waals surface area contributed by atoms with E-state index in [1.54, 1.807) is 0 Å². The Morgan fingerprint density at radius 3 is 1.98 bits per heavy atom. The molecule has 7 heterocycles. The summed E-state index contributed by atoms with van der Waals surface area (Å²) in [6.45, 7) is 7.31. The maximum Gasteiger partial charge on any atom is 0.228 e. The van der Waals surface area contributed by atoms with Gasteiger partial charge in [0.2, 0.25) is 11.2 Å². The van der Waals surface area contributed by atoms with Gasteiger partial charge in [0.25, 0.3) is 0 Å². The van der Waals surface area contributed by atoms with Crippen LogP contribution in [0.25, 0.3) is 81.8 Å². The highest BCUT2D eigenvalue weighted by Gasteiger charge is 2.60. The summed E-state index contributed by atoms with van der Waals surface area (Å²) in [5.41, 5.74) is 13.5. The van der Waals surface area contributed by atoms with E-state index in [-0.39, 0.29) is 11.0 Å². The molecule has 0 saturated heterocycles. The second-order valence-electron chi connectivity index (χ2n) is 16.6. The molecule has 5 aromatic carbocycles. The van der Waals surface area contributed by atoms with Crippen LogP contribution in [0.1, 0.15) is 44.9 Å². The minimum Gasteiger partial charge on any atom is -0.309 e. The molecule has 4 nitrogen and oxygen atoms in total. The Labute approximate surface area is 347 Å². The lowest BCUT2D eigenvalue weighted by Crippen LogP contribution is -2.69. The van der Waals surface area contributed by atoms with Crippen molar-refractivity contribution < 1.29 is 8.97 Å². The summed E-state index contributed by atoms with van der Waals surface area (Å²) >= 11 is 1.83. The first kappa shape index (κ1) is 34.5. The van der Waals surface area contributed by atoms with Crippen molar-refractivity contribution in [3.63, 3.8) is 0 Å². The van der Waals surface area contributed by atoms with Gasteiger partial charge in [-0.3, -0.25) is 0 Å². The monoisotopic (exact) mass is 780 g/mol. The molecular formula is C54H44N4S+2. The summed E-state index contributed by atoms with van der Waals surface area (Å²) in [6, 6.07) is 59.0. The van der Waals surface area contributed by atoms with Gasteiger partial charge in [-0.25, -0.2) is 0 Å². The predicted octanol–water partition coefficient (Wildman–Crippen LogP) is 12.8. The van der Waals surface area contributed by atoms with Gasteiger partial charge in [-0.15, -0.1) is 11.3 Å². The fraction of sp³-hybridized carbons (Fsp3) is 0.148. The molecule has 12 rings (SSSR count). The largest absolute Gasteiger partial charge is 0.309 e. The zero-order valence-electron chi connectivity index (χ0n) is 33.6. The lowest BCUT2D eigenvalue weighted by Gasteiger charge is -2.47. The number of fused-ring (bicyclic) bond motifs is 12. The smallest absolute Gasteiger partial charge is 0.228 e. The Morgan fingerprint density at radius 2 is 1.24 bits per heavy atom. The third-order valence-electron chi connectivity index (χ3n) is 14.2. The lowest BCUT2D eigenvalue weighted by molar-refractivity contribution is -0.766. The standard InChI is InChI=1S/C54H44N4S/c1-4-53(3)54(5-2,35-39-31-36-27-30-59-52(36)49-24-13-15-28-55(39)49)45-26-25-38(32-44(45)46-21-14-16-29-56(46)53)58-48-23-12-10-20-41(48)43-33-42-40-19-9-11-22-47(40)57(50(42)34-51(43)58)37-17-7-6-8-18-37/h6-34H,4-5,35H2,1-3H3/q+2. The van der Waals surface area contributed by atoms with Gasteiger partial charge in [0.05, 0.1) is 33.0 Å². The van der Waals surface area contributed by atoms with Crippen LogP contribution < -0.4 is 8.97 Å². The van der Waals surface area contributed by atoms with Gasteiger partial charge >= 0.3 is 0 Å². The van der Waals surface area contributed by atoms with Gasteiger partial charge in [-0.1, -0.05) is 74.5 Å². The van der Waals surface area contributed by atoms with Crippen molar-refractivity contribution in [2.45, 2.75) is 51.0 Å². The van der Waals surface area contributed by atoms with E-state index in [2.05, 4.69) is 214 Å². The quantitative estimate of drug-likeness (QED) is 0.150. The molecule has 284 valence electrons. The number of thiophene rings is 1. The molecule has 0 aliphatic carbocycles. The van der Waals surface area contributed by atoms with Crippen molar-refractivity contribution >= 4 is 70.6 Å². The highest BCUT2D eigenvalue weighted by molar-refractivity contribution is 7.18. The van der Waals surface area contributed by atoms with Crippen molar-refractivity contribution in [3.05, 3.63) is 187 Å². The number of aromatic nitrogens is 4. The second kappa shape index (κ2) is 12.7. The molecule has 1 aliphatic rings. The van der Waals surface area contributed by atoms with E-state index in [1.807, 2.05) is 11.3 Å². The summed E-state index contributed by atoms with van der Waals surface area (Å²) in [6.07, 6.45) is 7.52. The van der Waals surface area contributed by atoms with Crippen LogP contribution >= 0.6 is 11.3 Å². The van der Waals surface area contributed by atoms with Crippen LogP contribution in [-0.2, 0) is 17.4 Å². The molecule has 2 atom stereocenters. The van der Waals surface area contributed by atoms with Crippen LogP contribution in [0.3, 0.4) is 0 Å². The maximum absolute atomic E-state index is 2.62. The molecule has 11 aromatic rings. The van der Waals surface area contributed by atoms with Crippen molar-refractivity contribution in [1.29, 1.82) is 0 Å². The first-order chi connectivity index (χ1) is 29.0. The van der Waals surface area contributed by atoms with Crippen molar-refractivity contribution in [2.24, 2.45) is 0 Å². The van der Waals surface area contributed by atoms with Crippen molar-refractivity contribution in [1.82, 2.24) is 9.13 Å². The molecule has 0 amide bonds. The molecular weight excluding hydrogens is 737 g/mol. The number of hydrogen-bond acceptors (Lipinski definition) is 1. The Kier molecular flexibility index (Phi) is 7.43. The van der Waals surface area contributed by atoms with Gasteiger partial charge in [0, 0.05) is 88.4 Å². The first-order valence-corrected chi connectivity index (χ1v) is 21.9. The molecule has 0 spiro atoms. The maximum atomic E-state index is 2.62. The summed E-state index contributed by atoms with van der Waals surface area (Å²) in [7, 11) is 0. The average Bonchev–Trinajstić information content (AvgIpc) is 3.99. The topological polar surface area (TPSA) is 17.8 Å². The minimum atomic E-state index is -0.197. The van der Waals surface area contributed by atoms with Gasteiger partial charge in [-0.05, 0) is 84.1 Å². The summed E-state index contributed by atoms with van der Waals surface area (Å²) in [5.74, 6) is 0. The highest BCUT2D eigenvalue weighted by Crippen LogP contribution is 2.52. The molecule has 0 saturated carbocycles. The van der Waals surface area contributed by atoms with Gasteiger partial charge in [-0.2, -0.15) is 8.97 Å². The number of para-hydroxylation sites is 3. The number of pyridine rings is 3. The molecule has 5 heteroatoms. The molecule has 2 unspecified atom stereocenters. The fourth-order valence-corrected chi connectivity index (χ4v) is 12.1. The van der Waals surface area contributed by atoms with E-state index in [9.17, 15) is 0 Å². The van der Waals surface area contributed by atoms with Crippen LogP contribution in [0.4, 0.5) is 0 Å². The van der Waals surface area contributed by atoms with E-state index in [4.69, 9.17) is 0 Å². The average molecular weight is 781 g/mol. The highest BCUT2D eigenvalue weighted by atomic mass is 32.1. The van der Waals surface area contributed by atoms with Crippen LogP contribution in [-0.4, -0.2) is 9.13 Å². The van der Waals surface area contributed by atoms with Gasteiger partial charge in [0.1, 0.15) is 4.70 Å². The van der Waals surface area contributed by atoms with E-state index in [1.165, 1.54) is 93.1 Å². The number of hydrogen-bond donors (Lipinski definition) is 0. The summed E-state index contributed by atoms with van der Waals surface area (Å²) < 4.78 is 11.4. The summed E-state index contributed by atoms with van der Waals surface area (Å²) in [5, 5.41) is 8.64. The van der Waals surface area contributed by atoms with Crippen molar-refractivity contribution in [3.8, 4) is 22.6 Å². The zero-order valence-corrected chi connectivity index (χ0v) is 34.4. The first-order valence-electron chi connectivity index (χ1n) is 21.0. The minimum absolute atomic E-state index is 0.179. The van der Waals surface area contributed by atoms with Gasteiger partial charge < -0.3 is 9.13 Å².